The third-order valence-corrected chi connectivity index (χ3v) is 2.75. The maximum absolute atomic E-state index is 13.9. The maximum atomic E-state index is 13.9. The van der Waals surface area contributed by atoms with Crippen molar-refractivity contribution in [2.45, 2.75) is 13.1 Å². The zero-order chi connectivity index (χ0) is 14.8. The van der Waals surface area contributed by atoms with Crippen LogP contribution < -0.4 is 4.74 Å². The molecule has 0 heterocycles. The summed E-state index contributed by atoms with van der Waals surface area (Å²) in [7, 11) is 0. The highest BCUT2D eigenvalue weighted by Crippen LogP contribution is 2.36. The van der Waals surface area contributed by atoms with Gasteiger partial charge in [0.25, 0.3) is 0 Å². The summed E-state index contributed by atoms with van der Waals surface area (Å²) in [4.78, 5) is 0. The second-order valence-electron chi connectivity index (χ2n) is 4.12. The highest BCUT2D eigenvalue weighted by atomic mass is 19.4. The van der Waals surface area contributed by atoms with E-state index < -0.39 is 17.6 Å². The fourth-order valence-corrected chi connectivity index (χ4v) is 1.91. The first-order valence-electron chi connectivity index (χ1n) is 6.02. The molecule has 0 atom stereocenters. The first kappa shape index (κ1) is 14.4. The van der Waals surface area contributed by atoms with Crippen molar-refractivity contribution in [3.8, 4) is 16.9 Å². The third kappa shape index (κ3) is 2.92. The summed E-state index contributed by atoms with van der Waals surface area (Å²) >= 11 is 0. The van der Waals surface area contributed by atoms with E-state index in [-0.39, 0.29) is 16.9 Å². The summed E-state index contributed by atoms with van der Waals surface area (Å²) in [6.45, 7) is 2.02. The molecule has 20 heavy (non-hydrogen) atoms. The van der Waals surface area contributed by atoms with Crippen molar-refractivity contribution in [3.63, 3.8) is 0 Å². The maximum Gasteiger partial charge on any atom is 0.416 e. The van der Waals surface area contributed by atoms with Gasteiger partial charge in [0.05, 0.1) is 17.7 Å². The average molecular weight is 284 g/mol. The zero-order valence-electron chi connectivity index (χ0n) is 10.7. The minimum absolute atomic E-state index is 0.0421. The number of halogens is 4. The van der Waals surface area contributed by atoms with E-state index in [4.69, 9.17) is 4.74 Å². The summed E-state index contributed by atoms with van der Waals surface area (Å²) < 4.78 is 57.3. The normalized spacial score (nSPS) is 11.4. The van der Waals surface area contributed by atoms with Gasteiger partial charge in [-0.25, -0.2) is 4.39 Å². The van der Waals surface area contributed by atoms with Crippen molar-refractivity contribution in [2.75, 3.05) is 6.61 Å². The van der Waals surface area contributed by atoms with Crippen molar-refractivity contribution in [3.05, 3.63) is 53.8 Å². The molecule has 0 N–H and O–H groups in total. The molecule has 0 bridgehead atoms. The molecule has 2 aromatic carbocycles. The van der Waals surface area contributed by atoms with Crippen LogP contribution in [0.1, 0.15) is 12.5 Å². The molecular weight excluding hydrogens is 272 g/mol. The summed E-state index contributed by atoms with van der Waals surface area (Å²) in [6.07, 6.45) is -4.47. The largest absolute Gasteiger partial charge is 0.493 e. The quantitative estimate of drug-likeness (QED) is 0.728. The van der Waals surface area contributed by atoms with Crippen molar-refractivity contribution in [1.29, 1.82) is 0 Å². The molecule has 0 fully saturated rings. The molecule has 0 saturated heterocycles. The summed E-state index contributed by atoms with van der Waals surface area (Å²) in [5.41, 5.74) is -0.637. The van der Waals surface area contributed by atoms with E-state index in [9.17, 15) is 17.6 Å². The lowest BCUT2D eigenvalue weighted by Crippen LogP contribution is -2.05. The van der Waals surface area contributed by atoms with E-state index in [2.05, 4.69) is 0 Å². The minimum atomic E-state index is -4.47. The van der Waals surface area contributed by atoms with Crippen LogP contribution in [0.4, 0.5) is 17.6 Å². The predicted octanol–water partition coefficient (Wildman–Crippen LogP) is 4.91. The van der Waals surface area contributed by atoms with Crippen LogP contribution in [-0.4, -0.2) is 6.61 Å². The Morgan fingerprint density at radius 3 is 2.40 bits per heavy atom. The van der Waals surface area contributed by atoms with E-state index in [1.807, 2.05) is 0 Å². The van der Waals surface area contributed by atoms with Gasteiger partial charge in [-0.2, -0.15) is 13.2 Å². The van der Waals surface area contributed by atoms with Gasteiger partial charge >= 0.3 is 6.18 Å². The number of ether oxygens (including phenoxy) is 1. The van der Waals surface area contributed by atoms with Gasteiger partial charge in [-0.1, -0.05) is 18.2 Å². The molecule has 1 nitrogen and oxygen atoms in total. The molecule has 0 aliphatic carbocycles. The van der Waals surface area contributed by atoms with Crippen LogP contribution in [0.15, 0.2) is 42.5 Å². The lowest BCUT2D eigenvalue weighted by molar-refractivity contribution is -0.137. The molecule has 0 aliphatic heterocycles. The first-order valence-corrected chi connectivity index (χ1v) is 6.02. The van der Waals surface area contributed by atoms with Gasteiger partial charge in [0, 0.05) is 0 Å². The SMILES string of the molecule is CCOc1cccc(F)c1-c1cccc(C(F)(F)F)c1. The van der Waals surface area contributed by atoms with Crippen LogP contribution in [-0.2, 0) is 6.18 Å². The molecule has 0 saturated carbocycles. The fourth-order valence-electron chi connectivity index (χ4n) is 1.91. The fraction of sp³-hybridized carbons (Fsp3) is 0.200. The summed E-state index contributed by atoms with van der Waals surface area (Å²) in [6, 6.07) is 8.72. The van der Waals surface area contributed by atoms with Crippen molar-refractivity contribution in [2.24, 2.45) is 0 Å². The van der Waals surface area contributed by atoms with E-state index in [0.717, 1.165) is 12.1 Å². The van der Waals surface area contributed by atoms with E-state index in [1.165, 1.54) is 30.3 Å². The molecule has 0 amide bonds. The van der Waals surface area contributed by atoms with Gasteiger partial charge in [0.2, 0.25) is 0 Å². The van der Waals surface area contributed by atoms with Crippen molar-refractivity contribution >= 4 is 0 Å². The number of hydrogen-bond acceptors (Lipinski definition) is 1. The summed E-state index contributed by atoms with van der Waals surface area (Å²) in [5, 5.41) is 0. The Balaban J connectivity index is 2.57. The van der Waals surface area contributed by atoms with Crippen LogP contribution in [0, 0.1) is 5.82 Å². The highest BCUT2D eigenvalue weighted by Gasteiger charge is 2.30. The smallest absolute Gasteiger partial charge is 0.416 e. The van der Waals surface area contributed by atoms with Crippen LogP contribution >= 0.6 is 0 Å². The average Bonchev–Trinajstić information content (AvgIpc) is 2.38. The van der Waals surface area contributed by atoms with Crippen molar-refractivity contribution in [1.82, 2.24) is 0 Å². The molecule has 2 rings (SSSR count). The van der Waals surface area contributed by atoms with Crippen LogP contribution in [0.25, 0.3) is 11.1 Å². The molecule has 0 unspecified atom stereocenters. The minimum Gasteiger partial charge on any atom is -0.493 e. The van der Waals surface area contributed by atoms with Gasteiger partial charge in [-0.3, -0.25) is 0 Å². The van der Waals surface area contributed by atoms with Gasteiger partial charge < -0.3 is 4.74 Å². The molecule has 5 heteroatoms. The number of rotatable bonds is 3. The van der Waals surface area contributed by atoms with E-state index >= 15 is 0 Å². The van der Waals surface area contributed by atoms with Crippen LogP contribution in [0.3, 0.4) is 0 Å². The lowest BCUT2D eigenvalue weighted by Gasteiger charge is -2.13. The zero-order valence-corrected chi connectivity index (χ0v) is 10.7. The standard InChI is InChI=1S/C15H12F4O/c1-2-20-13-8-4-7-12(16)14(13)10-5-3-6-11(9-10)15(17,18)19/h3-9H,2H2,1H3. The second kappa shape index (κ2) is 5.53. The Bertz CT molecular complexity index is 605. The summed E-state index contributed by atoms with van der Waals surface area (Å²) in [5.74, 6) is -0.387. The molecule has 0 radical (unpaired) electrons. The Morgan fingerprint density at radius 2 is 1.75 bits per heavy atom. The molecule has 106 valence electrons. The molecule has 0 aliphatic rings. The Hall–Kier alpha value is -2.04. The lowest BCUT2D eigenvalue weighted by atomic mass is 10.0. The Morgan fingerprint density at radius 1 is 1.05 bits per heavy atom. The Kier molecular flexibility index (Phi) is 3.97. The number of benzene rings is 2. The number of hydrogen-bond donors (Lipinski definition) is 0. The number of alkyl halides is 3. The molecular formula is C15H12F4O. The van der Waals surface area contributed by atoms with E-state index in [0.29, 0.717) is 6.61 Å². The van der Waals surface area contributed by atoms with E-state index in [1.54, 1.807) is 6.92 Å². The molecule has 0 spiro atoms. The van der Waals surface area contributed by atoms with Gasteiger partial charge in [-0.15, -0.1) is 0 Å². The molecule has 2 aromatic rings. The predicted molar refractivity (Wildman–Crippen MR) is 68.0 cm³/mol. The van der Waals surface area contributed by atoms with Crippen LogP contribution in [0.2, 0.25) is 0 Å². The highest BCUT2D eigenvalue weighted by molar-refractivity contribution is 5.71. The Labute approximate surface area is 113 Å². The van der Waals surface area contributed by atoms with Crippen LogP contribution in [0.5, 0.6) is 5.75 Å². The monoisotopic (exact) mass is 284 g/mol. The third-order valence-electron chi connectivity index (χ3n) is 2.75. The topological polar surface area (TPSA) is 9.23 Å². The van der Waals surface area contributed by atoms with Gasteiger partial charge in [-0.05, 0) is 36.8 Å². The first-order chi connectivity index (χ1) is 9.43. The molecule has 0 aromatic heterocycles. The van der Waals surface area contributed by atoms with Gasteiger partial charge in [0.15, 0.2) is 0 Å². The van der Waals surface area contributed by atoms with Gasteiger partial charge in [0.1, 0.15) is 11.6 Å². The van der Waals surface area contributed by atoms with Crippen molar-refractivity contribution < 1.29 is 22.3 Å². The second-order valence-corrected chi connectivity index (χ2v) is 4.12.